The Morgan fingerprint density at radius 2 is 1.86 bits per heavy atom. The molecule has 3 aromatic heterocycles. The molecule has 5 rings (SSSR count). The monoisotopic (exact) mass is 518 g/mol. The number of aromatic nitrogens is 3. The highest BCUT2D eigenvalue weighted by Gasteiger charge is 2.37. The molecule has 0 saturated heterocycles. The summed E-state index contributed by atoms with van der Waals surface area (Å²) in [7, 11) is 0. The molecule has 1 aromatic carbocycles. The van der Waals surface area contributed by atoms with Gasteiger partial charge in [0.1, 0.15) is 16.7 Å². The first-order valence-electron chi connectivity index (χ1n) is 11.0. The fraction of sp³-hybridized carbons (Fsp3) is 0.120. The summed E-state index contributed by atoms with van der Waals surface area (Å²) in [5.74, 6) is -0.418. The first-order valence-corrected chi connectivity index (χ1v) is 12.2. The lowest BCUT2D eigenvalue weighted by molar-refractivity contribution is -0.120. The predicted molar refractivity (Wildman–Crippen MR) is 136 cm³/mol. The smallest absolute Gasteiger partial charge is 0.268 e. The maximum Gasteiger partial charge on any atom is 0.268 e. The van der Waals surface area contributed by atoms with E-state index in [1.807, 2.05) is 6.07 Å². The quantitative estimate of drug-likeness (QED) is 0.398. The van der Waals surface area contributed by atoms with Gasteiger partial charge < -0.3 is 15.5 Å². The minimum atomic E-state index is -0.820. The average Bonchev–Trinajstić information content (AvgIpc) is 3.32. The molecule has 0 fully saturated rings. The number of benzene rings is 1. The maximum absolute atomic E-state index is 13.5. The summed E-state index contributed by atoms with van der Waals surface area (Å²) >= 11 is 7.62. The second kappa shape index (κ2) is 10.2. The number of nitrogens with one attached hydrogen (secondary N) is 2. The van der Waals surface area contributed by atoms with E-state index in [1.165, 1.54) is 10.4 Å². The molecule has 3 amide bonds. The molecule has 0 aliphatic carbocycles. The van der Waals surface area contributed by atoms with Crippen LogP contribution in [0.2, 0.25) is 5.02 Å². The number of hydrogen-bond donors (Lipinski definition) is 2. The van der Waals surface area contributed by atoms with Crippen LogP contribution in [0.5, 0.6) is 0 Å². The van der Waals surface area contributed by atoms with Crippen molar-refractivity contribution in [2.24, 2.45) is 0 Å². The zero-order valence-electron chi connectivity index (χ0n) is 18.7. The van der Waals surface area contributed by atoms with E-state index in [4.69, 9.17) is 11.6 Å². The molecule has 4 aromatic rings. The van der Waals surface area contributed by atoms with Crippen LogP contribution in [-0.4, -0.2) is 43.6 Å². The van der Waals surface area contributed by atoms with Crippen LogP contribution in [0.3, 0.4) is 0 Å². The molecule has 1 unspecified atom stereocenters. The zero-order chi connectivity index (χ0) is 25.1. The molecule has 4 heterocycles. The molecule has 11 heteroatoms. The zero-order valence-corrected chi connectivity index (χ0v) is 20.3. The Labute approximate surface area is 215 Å². The summed E-state index contributed by atoms with van der Waals surface area (Å²) in [5, 5.41) is 5.68. The van der Waals surface area contributed by atoms with Gasteiger partial charge in [0.05, 0.1) is 16.1 Å². The van der Waals surface area contributed by atoms with E-state index in [0.717, 1.165) is 11.3 Å². The molecule has 9 nitrogen and oxygen atoms in total. The predicted octanol–water partition coefficient (Wildman–Crippen LogP) is 4.04. The molecule has 0 saturated carbocycles. The van der Waals surface area contributed by atoms with Gasteiger partial charge in [0.2, 0.25) is 5.91 Å². The number of amides is 3. The third kappa shape index (κ3) is 4.95. The van der Waals surface area contributed by atoms with Crippen LogP contribution >= 0.6 is 22.9 Å². The third-order valence-electron chi connectivity index (χ3n) is 5.61. The van der Waals surface area contributed by atoms with Crippen molar-refractivity contribution in [1.29, 1.82) is 0 Å². The summed E-state index contributed by atoms with van der Waals surface area (Å²) in [6.07, 6.45) is 3.44. The van der Waals surface area contributed by atoms with Gasteiger partial charge in [0.25, 0.3) is 11.8 Å². The Kier molecular flexibility index (Phi) is 6.70. The number of fused-ring (bicyclic) bond motifs is 1. The minimum Gasteiger partial charge on any atom is -0.321 e. The van der Waals surface area contributed by atoms with E-state index in [2.05, 4.69) is 25.6 Å². The second-order valence-corrected chi connectivity index (χ2v) is 9.24. The molecule has 180 valence electrons. The van der Waals surface area contributed by atoms with Gasteiger partial charge in [-0.05, 0) is 42.0 Å². The van der Waals surface area contributed by atoms with Gasteiger partial charge in [-0.15, -0.1) is 11.3 Å². The molecule has 2 N–H and O–H groups in total. The number of hydrogen-bond acceptors (Lipinski definition) is 7. The summed E-state index contributed by atoms with van der Waals surface area (Å²) in [6.45, 7) is 0.100. The topological polar surface area (TPSA) is 117 Å². The first kappa shape index (κ1) is 23.6. The van der Waals surface area contributed by atoms with Crippen LogP contribution in [0, 0.1) is 0 Å². The maximum atomic E-state index is 13.5. The van der Waals surface area contributed by atoms with Crippen LogP contribution in [0.25, 0.3) is 0 Å². The van der Waals surface area contributed by atoms with Crippen LogP contribution in [0.15, 0.2) is 72.5 Å². The van der Waals surface area contributed by atoms with Crippen LogP contribution < -0.4 is 10.6 Å². The summed E-state index contributed by atoms with van der Waals surface area (Å²) in [4.78, 5) is 53.7. The van der Waals surface area contributed by atoms with Crippen molar-refractivity contribution in [1.82, 2.24) is 19.9 Å². The van der Waals surface area contributed by atoms with Crippen molar-refractivity contribution < 1.29 is 14.4 Å². The number of thiazole rings is 1. The van der Waals surface area contributed by atoms with Crippen LogP contribution in [0.1, 0.15) is 31.3 Å². The van der Waals surface area contributed by atoms with Crippen molar-refractivity contribution in [2.45, 2.75) is 19.0 Å². The van der Waals surface area contributed by atoms with Crippen molar-refractivity contribution in [2.75, 3.05) is 10.6 Å². The second-order valence-electron chi connectivity index (χ2n) is 7.98. The van der Waals surface area contributed by atoms with E-state index in [9.17, 15) is 14.4 Å². The fourth-order valence-electron chi connectivity index (χ4n) is 3.86. The average molecular weight is 519 g/mol. The van der Waals surface area contributed by atoms with E-state index in [0.29, 0.717) is 22.0 Å². The minimum absolute atomic E-state index is 0.100. The Balaban J connectivity index is 1.42. The molecule has 36 heavy (non-hydrogen) atoms. The fourth-order valence-corrected chi connectivity index (χ4v) is 4.85. The van der Waals surface area contributed by atoms with E-state index in [1.54, 1.807) is 60.9 Å². The van der Waals surface area contributed by atoms with Crippen LogP contribution in [-0.2, 0) is 17.8 Å². The summed E-state index contributed by atoms with van der Waals surface area (Å²) < 4.78 is 0. The number of carbonyl (C=O) groups is 3. The lowest BCUT2D eigenvalue weighted by Gasteiger charge is -2.28. The number of halogens is 1. The summed E-state index contributed by atoms with van der Waals surface area (Å²) in [6, 6.07) is 14.7. The highest BCUT2D eigenvalue weighted by Crippen LogP contribution is 2.29. The largest absolute Gasteiger partial charge is 0.321 e. The summed E-state index contributed by atoms with van der Waals surface area (Å²) in [5.41, 5.74) is 3.12. The number of carbonyl (C=O) groups excluding carboxylic acids is 3. The first-order chi connectivity index (χ1) is 17.5. The molecule has 0 spiro atoms. The van der Waals surface area contributed by atoms with E-state index in [-0.39, 0.29) is 41.2 Å². The Morgan fingerprint density at radius 1 is 1.06 bits per heavy atom. The van der Waals surface area contributed by atoms with Gasteiger partial charge in [-0.2, -0.15) is 0 Å². The van der Waals surface area contributed by atoms with Gasteiger partial charge in [-0.3, -0.25) is 19.4 Å². The number of anilines is 2. The van der Waals surface area contributed by atoms with Crippen molar-refractivity contribution >= 4 is 52.3 Å². The lowest BCUT2D eigenvalue weighted by atomic mass is 10.1. The van der Waals surface area contributed by atoms with Crippen molar-refractivity contribution in [3.05, 3.63) is 99.2 Å². The van der Waals surface area contributed by atoms with Gasteiger partial charge in [0.15, 0.2) is 5.82 Å². The number of pyridine rings is 2. The normalized spacial score (nSPS) is 15.1. The van der Waals surface area contributed by atoms with Crippen LogP contribution in [0.4, 0.5) is 11.6 Å². The third-order valence-corrected chi connectivity index (χ3v) is 6.74. The SMILES string of the molecule is O=C(Nc1ccccn1)c1ccc(CN2C(=O)c3scnc3NC(=O)C2Cc2ccccn2)cc1Cl. The number of nitrogens with zero attached hydrogens (tertiary/aromatic N) is 4. The lowest BCUT2D eigenvalue weighted by Crippen LogP contribution is -2.46. The Bertz CT molecular complexity index is 1430. The standard InChI is InChI=1S/C25H19ClN6O3S/c26-18-11-15(7-8-17(18)23(33)30-20-6-2-4-10-28-20)13-32-19(12-16-5-1-3-9-27-16)24(34)31-22-21(25(32)35)36-14-29-22/h1-11,14,19H,12-13H2,(H,31,34)(H,28,30,33). The highest BCUT2D eigenvalue weighted by molar-refractivity contribution is 7.12. The van der Waals surface area contributed by atoms with Gasteiger partial charge in [0, 0.05) is 31.1 Å². The number of rotatable bonds is 6. The molecule has 1 aliphatic heterocycles. The van der Waals surface area contributed by atoms with Gasteiger partial charge in [-0.1, -0.05) is 29.8 Å². The van der Waals surface area contributed by atoms with Gasteiger partial charge >= 0.3 is 0 Å². The Morgan fingerprint density at radius 3 is 2.58 bits per heavy atom. The van der Waals surface area contributed by atoms with E-state index < -0.39 is 11.9 Å². The Hall–Kier alpha value is -4.15. The molecule has 1 atom stereocenters. The molecule has 0 radical (unpaired) electrons. The molecule has 1 aliphatic rings. The molecular formula is C25H19ClN6O3S. The highest BCUT2D eigenvalue weighted by atomic mass is 35.5. The molecule has 0 bridgehead atoms. The van der Waals surface area contributed by atoms with E-state index >= 15 is 0 Å². The molecular weight excluding hydrogens is 500 g/mol. The van der Waals surface area contributed by atoms with Crippen molar-refractivity contribution in [3.8, 4) is 0 Å². The van der Waals surface area contributed by atoms with Gasteiger partial charge in [-0.25, -0.2) is 9.97 Å². The van der Waals surface area contributed by atoms with Crippen molar-refractivity contribution in [3.63, 3.8) is 0 Å².